The van der Waals surface area contributed by atoms with Crippen LogP contribution in [0.4, 0.5) is 0 Å². The summed E-state index contributed by atoms with van der Waals surface area (Å²) in [5, 5.41) is 0. The summed E-state index contributed by atoms with van der Waals surface area (Å²) in [6, 6.07) is 1.17. The minimum Gasteiger partial charge on any atom is -0.380 e. The highest BCUT2D eigenvalue weighted by Gasteiger charge is 2.31. The minimum absolute atomic E-state index is 0.502. The van der Waals surface area contributed by atoms with Crippen molar-refractivity contribution in [2.24, 2.45) is 11.7 Å². The summed E-state index contributed by atoms with van der Waals surface area (Å²) in [6.07, 6.45) is 3.93. The number of ether oxygens (including phenoxy) is 1. The van der Waals surface area contributed by atoms with Gasteiger partial charge in [0.15, 0.2) is 0 Å². The molecule has 2 N–H and O–H groups in total. The predicted molar refractivity (Wildman–Crippen MR) is 63.9 cm³/mol. The van der Waals surface area contributed by atoms with Gasteiger partial charge in [0, 0.05) is 18.7 Å². The van der Waals surface area contributed by atoms with E-state index in [2.05, 4.69) is 18.9 Å². The van der Waals surface area contributed by atoms with E-state index in [1.165, 1.54) is 19.3 Å². The second kappa shape index (κ2) is 6.46. The van der Waals surface area contributed by atoms with Gasteiger partial charge in [-0.1, -0.05) is 6.42 Å². The van der Waals surface area contributed by atoms with E-state index in [9.17, 15) is 0 Å². The molecule has 1 aliphatic carbocycles. The third-order valence-electron chi connectivity index (χ3n) is 3.70. The average molecular weight is 214 g/mol. The van der Waals surface area contributed by atoms with Crippen LogP contribution in [-0.2, 0) is 4.74 Å². The van der Waals surface area contributed by atoms with Crippen molar-refractivity contribution in [1.29, 1.82) is 0 Å². The Morgan fingerprint density at radius 3 is 2.80 bits per heavy atom. The Morgan fingerprint density at radius 1 is 1.47 bits per heavy atom. The zero-order valence-electron chi connectivity index (χ0n) is 10.4. The highest BCUT2D eigenvalue weighted by molar-refractivity contribution is 4.86. The highest BCUT2D eigenvalue weighted by atomic mass is 16.5. The van der Waals surface area contributed by atoms with E-state index in [0.717, 1.165) is 19.8 Å². The Morgan fingerprint density at radius 2 is 2.20 bits per heavy atom. The van der Waals surface area contributed by atoms with Crippen molar-refractivity contribution in [1.82, 2.24) is 4.90 Å². The van der Waals surface area contributed by atoms with Crippen LogP contribution in [0.1, 0.15) is 33.1 Å². The van der Waals surface area contributed by atoms with Crippen LogP contribution < -0.4 is 5.73 Å². The Hall–Kier alpha value is -0.120. The van der Waals surface area contributed by atoms with Gasteiger partial charge in [-0.25, -0.2) is 0 Å². The largest absolute Gasteiger partial charge is 0.380 e. The third kappa shape index (κ3) is 3.44. The number of nitrogens with two attached hydrogens (primary N) is 1. The molecule has 3 heteroatoms. The Balaban J connectivity index is 2.40. The van der Waals surface area contributed by atoms with E-state index in [1.807, 2.05) is 6.92 Å². The molecule has 3 atom stereocenters. The van der Waals surface area contributed by atoms with Gasteiger partial charge in [0.1, 0.15) is 0 Å². The van der Waals surface area contributed by atoms with Crippen molar-refractivity contribution in [2.45, 2.75) is 45.2 Å². The fourth-order valence-corrected chi connectivity index (χ4v) is 2.56. The summed E-state index contributed by atoms with van der Waals surface area (Å²) in [4.78, 5) is 2.46. The van der Waals surface area contributed by atoms with Crippen LogP contribution in [0.15, 0.2) is 0 Å². The maximum Gasteiger partial charge on any atom is 0.0618 e. The fourth-order valence-electron chi connectivity index (χ4n) is 2.56. The number of rotatable bonds is 6. The van der Waals surface area contributed by atoms with Crippen LogP contribution in [0.25, 0.3) is 0 Å². The van der Waals surface area contributed by atoms with Crippen LogP contribution in [0.3, 0.4) is 0 Å². The Bertz CT molecular complexity index is 175. The lowest BCUT2D eigenvalue weighted by Crippen LogP contribution is -2.44. The summed E-state index contributed by atoms with van der Waals surface area (Å²) >= 11 is 0. The monoisotopic (exact) mass is 214 g/mol. The summed E-state index contributed by atoms with van der Waals surface area (Å²) in [6.45, 7) is 6.76. The van der Waals surface area contributed by atoms with Crippen molar-refractivity contribution in [3.63, 3.8) is 0 Å². The van der Waals surface area contributed by atoms with Gasteiger partial charge in [0.25, 0.3) is 0 Å². The molecule has 0 bridgehead atoms. The Labute approximate surface area is 94.0 Å². The van der Waals surface area contributed by atoms with Gasteiger partial charge < -0.3 is 10.5 Å². The minimum atomic E-state index is 0.502. The van der Waals surface area contributed by atoms with E-state index >= 15 is 0 Å². The molecule has 0 aromatic heterocycles. The van der Waals surface area contributed by atoms with E-state index in [1.54, 1.807) is 0 Å². The van der Waals surface area contributed by atoms with Crippen molar-refractivity contribution >= 4 is 0 Å². The molecule has 0 spiro atoms. The fraction of sp³-hybridized carbons (Fsp3) is 1.00. The third-order valence-corrected chi connectivity index (χ3v) is 3.70. The number of hydrogen-bond acceptors (Lipinski definition) is 3. The molecule has 3 nitrogen and oxygen atoms in total. The number of hydrogen-bond donors (Lipinski definition) is 1. The van der Waals surface area contributed by atoms with Gasteiger partial charge >= 0.3 is 0 Å². The molecular weight excluding hydrogens is 188 g/mol. The quantitative estimate of drug-likeness (QED) is 0.727. The molecule has 0 heterocycles. The second-order valence-electron chi connectivity index (χ2n) is 4.67. The number of nitrogens with zero attached hydrogens (tertiary/aromatic N) is 1. The maximum absolute atomic E-state index is 5.80. The smallest absolute Gasteiger partial charge is 0.0618 e. The molecule has 0 radical (unpaired) electrons. The lowest BCUT2D eigenvalue weighted by Gasteiger charge is -2.33. The molecule has 1 rings (SSSR count). The summed E-state index contributed by atoms with van der Waals surface area (Å²) < 4.78 is 5.47. The van der Waals surface area contributed by atoms with Crippen LogP contribution in [-0.4, -0.2) is 43.8 Å². The van der Waals surface area contributed by atoms with Crippen LogP contribution in [0.5, 0.6) is 0 Å². The molecule has 0 aromatic rings. The van der Waals surface area contributed by atoms with Crippen LogP contribution >= 0.6 is 0 Å². The van der Waals surface area contributed by atoms with Crippen molar-refractivity contribution < 1.29 is 4.74 Å². The summed E-state index contributed by atoms with van der Waals surface area (Å²) in [7, 11) is 2.21. The first-order chi connectivity index (χ1) is 7.20. The maximum atomic E-state index is 5.80. The molecule has 15 heavy (non-hydrogen) atoms. The standard InChI is InChI=1S/C12H26N2O/c1-4-15-9-10(2)14(3)12-7-5-6-11(12)8-13/h10-12H,4-9,13H2,1-3H3. The van der Waals surface area contributed by atoms with E-state index < -0.39 is 0 Å². The van der Waals surface area contributed by atoms with E-state index in [-0.39, 0.29) is 0 Å². The first-order valence-electron chi connectivity index (χ1n) is 6.20. The highest BCUT2D eigenvalue weighted by Crippen LogP contribution is 2.29. The van der Waals surface area contributed by atoms with Gasteiger partial charge in [0.2, 0.25) is 0 Å². The lowest BCUT2D eigenvalue weighted by molar-refractivity contribution is 0.0572. The van der Waals surface area contributed by atoms with Crippen molar-refractivity contribution in [2.75, 3.05) is 26.8 Å². The molecule has 0 aliphatic heterocycles. The molecule has 0 saturated heterocycles. The second-order valence-corrected chi connectivity index (χ2v) is 4.67. The van der Waals surface area contributed by atoms with Crippen LogP contribution in [0.2, 0.25) is 0 Å². The molecule has 1 fully saturated rings. The predicted octanol–water partition coefficient (Wildman–Crippen LogP) is 1.47. The number of likely N-dealkylation sites (N-methyl/N-ethyl adjacent to an activating group) is 1. The lowest BCUT2D eigenvalue weighted by atomic mass is 10.0. The molecule has 0 amide bonds. The topological polar surface area (TPSA) is 38.5 Å². The van der Waals surface area contributed by atoms with E-state index in [4.69, 9.17) is 10.5 Å². The molecule has 1 aliphatic rings. The van der Waals surface area contributed by atoms with Gasteiger partial charge in [-0.15, -0.1) is 0 Å². The molecule has 3 unspecified atom stereocenters. The normalized spacial score (nSPS) is 28.6. The van der Waals surface area contributed by atoms with Gasteiger partial charge in [-0.3, -0.25) is 4.90 Å². The average Bonchev–Trinajstić information content (AvgIpc) is 2.72. The van der Waals surface area contributed by atoms with Gasteiger partial charge in [-0.05, 0) is 46.2 Å². The van der Waals surface area contributed by atoms with Gasteiger partial charge in [0.05, 0.1) is 6.61 Å². The van der Waals surface area contributed by atoms with Crippen molar-refractivity contribution in [3.8, 4) is 0 Å². The first kappa shape index (κ1) is 12.9. The molecule has 0 aromatic carbocycles. The summed E-state index contributed by atoms with van der Waals surface area (Å²) in [5.41, 5.74) is 5.80. The SMILES string of the molecule is CCOCC(C)N(C)C1CCCC1CN. The first-order valence-corrected chi connectivity index (χ1v) is 6.20. The summed E-state index contributed by atoms with van der Waals surface area (Å²) in [5.74, 6) is 0.694. The molecular formula is C12H26N2O. The van der Waals surface area contributed by atoms with E-state index in [0.29, 0.717) is 18.0 Å². The zero-order chi connectivity index (χ0) is 11.3. The Kier molecular flexibility index (Phi) is 5.58. The van der Waals surface area contributed by atoms with Crippen LogP contribution in [0, 0.1) is 5.92 Å². The molecule has 1 saturated carbocycles. The zero-order valence-corrected chi connectivity index (χ0v) is 10.4. The van der Waals surface area contributed by atoms with Gasteiger partial charge in [-0.2, -0.15) is 0 Å². The molecule has 90 valence electrons. The van der Waals surface area contributed by atoms with Crippen molar-refractivity contribution in [3.05, 3.63) is 0 Å².